The maximum absolute atomic E-state index is 4.52. The van der Waals surface area contributed by atoms with Crippen molar-refractivity contribution in [1.29, 1.82) is 0 Å². The van der Waals surface area contributed by atoms with Gasteiger partial charge >= 0.3 is 0 Å². The van der Waals surface area contributed by atoms with Gasteiger partial charge < -0.3 is 4.90 Å². The van der Waals surface area contributed by atoms with Gasteiger partial charge in [-0.3, -0.25) is 4.98 Å². The summed E-state index contributed by atoms with van der Waals surface area (Å²) in [4.78, 5) is 10.9. The van der Waals surface area contributed by atoms with Crippen LogP contribution in [0.15, 0.2) is 42.9 Å². The summed E-state index contributed by atoms with van der Waals surface area (Å²) in [5.41, 5.74) is 1.86. The van der Waals surface area contributed by atoms with Crippen LogP contribution in [-0.4, -0.2) is 23.1 Å². The van der Waals surface area contributed by atoms with E-state index in [1.807, 2.05) is 24.4 Å². The molecule has 0 aromatic carbocycles. The molecule has 0 N–H and O–H groups in total. The molecule has 3 heterocycles. The van der Waals surface area contributed by atoms with Crippen LogP contribution in [0, 0.1) is 11.8 Å². The SMILES string of the molecule is C(#Cc1ccc(N2CCCCC2)nc1)c1cccnc1. The third-order valence-electron chi connectivity index (χ3n) is 3.44. The molecule has 1 aliphatic heterocycles. The minimum atomic E-state index is 0.924. The molecular weight excluding hydrogens is 246 g/mol. The van der Waals surface area contributed by atoms with Crippen molar-refractivity contribution in [2.75, 3.05) is 18.0 Å². The highest BCUT2D eigenvalue weighted by atomic mass is 15.2. The van der Waals surface area contributed by atoms with E-state index in [0.29, 0.717) is 0 Å². The van der Waals surface area contributed by atoms with Gasteiger partial charge in [-0.05, 0) is 43.5 Å². The number of rotatable bonds is 1. The van der Waals surface area contributed by atoms with Gasteiger partial charge in [0.15, 0.2) is 0 Å². The smallest absolute Gasteiger partial charge is 0.128 e. The van der Waals surface area contributed by atoms with E-state index in [2.05, 4.69) is 32.8 Å². The second-order valence-corrected chi connectivity index (χ2v) is 4.94. The zero-order valence-electron chi connectivity index (χ0n) is 11.4. The fourth-order valence-corrected chi connectivity index (χ4v) is 2.35. The lowest BCUT2D eigenvalue weighted by atomic mass is 10.1. The Labute approximate surface area is 119 Å². The first-order valence-electron chi connectivity index (χ1n) is 7.05. The minimum absolute atomic E-state index is 0.924. The lowest BCUT2D eigenvalue weighted by molar-refractivity contribution is 0.573. The van der Waals surface area contributed by atoms with Crippen LogP contribution < -0.4 is 4.90 Å². The molecule has 20 heavy (non-hydrogen) atoms. The Morgan fingerprint density at radius 1 is 0.900 bits per heavy atom. The largest absolute Gasteiger partial charge is 0.357 e. The monoisotopic (exact) mass is 263 g/mol. The third kappa shape index (κ3) is 3.16. The van der Waals surface area contributed by atoms with Crippen molar-refractivity contribution in [3.8, 4) is 11.8 Å². The fraction of sp³-hybridized carbons (Fsp3) is 0.294. The number of hydrogen-bond acceptors (Lipinski definition) is 3. The van der Waals surface area contributed by atoms with Crippen LogP contribution in [0.25, 0.3) is 0 Å². The molecule has 3 rings (SSSR count). The van der Waals surface area contributed by atoms with E-state index in [1.165, 1.54) is 19.3 Å². The predicted molar refractivity (Wildman–Crippen MR) is 80.5 cm³/mol. The van der Waals surface area contributed by atoms with E-state index >= 15 is 0 Å². The van der Waals surface area contributed by atoms with Crippen molar-refractivity contribution in [1.82, 2.24) is 9.97 Å². The highest BCUT2D eigenvalue weighted by Crippen LogP contribution is 2.17. The van der Waals surface area contributed by atoms with Crippen LogP contribution in [0.4, 0.5) is 5.82 Å². The predicted octanol–water partition coefficient (Wildman–Crippen LogP) is 2.87. The maximum Gasteiger partial charge on any atom is 0.128 e. The summed E-state index contributed by atoms with van der Waals surface area (Å²) in [5, 5.41) is 0. The number of anilines is 1. The molecule has 2 aromatic heterocycles. The van der Waals surface area contributed by atoms with Crippen molar-refractivity contribution in [3.63, 3.8) is 0 Å². The highest BCUT2D eigenvalue weighted by molar-refractivity contribution is 5.45. The Bertz CT molecular complexity index is 602. The first-order chi connectivity index (χ1) is 9.92. The molecule has 1 saturated heterocycles. The van der Waals surface area contributed by atoms with Gasteiger partial charge in [0.05, 0.1) is 0 Å². The molecule has 0 atom stereocenters. The van der Waals surface area contributed by atoms with E-state index in [4.69, 9.17) is 0 Å². The van der Waals surface area contributed by atoms with Gasteiger partial charge in [-0.2, -0.15) is 0 Å². The standard InChI is InChI=1S/C17H17N3/c1-2-11-20(12-3-1)17-9-8-16(14-19-17)7-6-15-5-4-10-18-13-15/h4-5,8-10,13-14H,1-3,11-12H2. The van der Waals surface area contributed by atoms with Crippen molar-refractivity contribution in [2.24, 2.45) is 0 Å². The van der Waals surface area contributed by atoms with Crippen molar-refractivity contribution < 1.29 is 0 Å². The van der Waals surface area contributed by atoms with E-state index < -0.39 is 0 Å². The average molecular weight is 263 g/mol. The van der Waals surface area contributed by atoms with Crippen LogP contribution >= 0.6 is 0 Å². The molecule has 3 heteroatoms. The lowest BCUT2D eigenvalue weighted by Crippen LogP contribution is -2.29. The fourth-order valence-electron chi connectivity index (χ4n) is 2.35. The van der Waals surface area contributed by atoms with Crippen molar-refractivity contribution >= 4 is 5.82 Å². The molecule has 3 nitrogen and oxygen atoms in total. The first kappa shape index (κ1) is 12.7. The van der Waals surface area contributed by atoms with Gasteiger partial charge in [-0.1, -0.05) is 11.8 Å². The summed E-state index contributed by atoms with van der Waals surface area (Å²) in [6.07, 6.45) is 9.25. The van der Waals surface area contributed by atoms with Crippen molar-refractivity contribution in [2.45, 2.75) is 19.3 Å². The molecule has 0 spiro atoms. The van der Waals surface area contributed by atoms with E-state index in [1.54, 1.807) is 12.4 Å². The zero-order chi connectivity index (χ0) is 13.6. The molecule has 0 radical (unpaired) electrons. The number of nitrogens with zero attached hydrogens (tertiary/aromatic N) is 3. The molecule has 1 fully saturated rings. The highest BCUT2D eigenvalue weighted by Gasteiger charge is 2.11. The number of hydrogen-bond donors (Lipinski definition) is 0. The quantitative estimate of drug-likeness (QED) is 0.741. The van der Waals surface area contributed by atoms with Gasteiger partial charge in [0.2, 0.25) is 0 Å². The van der Waals surface area contributed by atoms with Gasteiger partial charge in [-0.15, -0.1) is 0 Å². The topological polar surface area (TPSA) is 29.0 Å². The Balaban J connectivity index is 1.72. The van der Waals surface area contributed by atoms with Gasteiger partial charge in [-0.25, -0.2) is 4.98 Å². The maximum atomic E-state index is 4.52. The van der Waals surface area contributed by atoms with Gasteiger partial charge in [0.25, 0.3) is 0 Å². The van der Waals surface area contributed by atoms with Crippen molar-refractivity contribution in [3.05, 3.63) is 54.0 Å². The normalized spacial score (nSPS) is 14.5. The molecule has 100 valence electrons. The van der Waals surface area contributed by atoms with Gasteiger partial charge in [0.1, 0.15) is 5.82 Å². The molecule has 0 unspecified atom stereocenters. The van der Waals surface area contributed by atoms with E-state index in [-0.39, 0.29) is 0 Å². The van der Waals surface area contributed by atoms with Crippen LogP contribution in [0.5, 0.6) is 0 Å². The molecule has 2 aromatic rings. The summed E-state index contributed by atoms with van der Waals surface area (Å²) in [5.74, 6) is 7.28. The van der Waals surface area contributed by atoms with Crippen LogP contribution in [0.3, 0.4) is 0 Å². The second-order valence-electron chi connectivity index (χ2n) is 4.94. The van der Waals surface area contributed by atoms with Crippen LogP contribution in [0.1, 0.15) is 30.4 Å². The van der Waals surface area contributed by atoms with Crippen LogP contribution in [0.2, 0.25) is 0 Å². The van der Waals surface area contributed by atoms with Crippen LogP contribution in [-0.2, 0) is 0 Å². The average Bonchev–Trinajstić information content (AvgIpc) is 2.55. The zero-order valence-corrected chi connectivity index (χ0v) is 11.4. The summed E-state index contributed by atoms with van der Waals surface area (Å²) in [7, 11) is 0. The molecule has 0 saturated carbocycles. The third-order valence-corrected chi connectivity index (χ3v) is 3.44. The van der Waals surface area contributed by atoms with E-state index in [0.717, 1.165) is 30.0 Å². The molecular formula is C17H17N3. The minimum Gasteiger partial charge on any atom is -0.357 e. The number of piperidine rings is 1. The number of aromatic nitrogens is 2. The lowest BCUT2D eigenvalue weighted by Gasteiger charge is -2.27. The Hall–Kier alpha value is -2.34. The number of pyridine rings is 2. The molecule has 1 aliphatic rings. The Morgan fingerprint density at radius 3 is 2.35 bits per heavy atom. The molecule has 0 aliphatic carbocycles. The summed E-state index contributed by atoms with van der Waals surface area (Å²) in [6, 6.07) is 7.95. The Kier molecular flexibility index (Phi) is 3.93. The summed E-state index contributed by atoms with van der Waals surface area (Å²) < 4.78 is 0. The molecule has 0 amide bonds. The van der Waals surface area contributed by atoms with Gasteiger partial charge in [0, 0.05) is 42.8 Å². The Morgan fingerprint density at radius 2 is 1.70 bits per heavy atom. The first-order valence-corrected chi connectivity index (χ1v) is 7.05. The summed E-state index contributed by atoms with van der Waals surface area (Å²) in [6.45, 7) is 2.24. The summed E-state index contributed by atoms with van der Waals surface area (Å²) >= 11 is 0. The van der Waals surface area contributed by atoms with E-state index in [9.17, 15) is 0 Å². The second kappa shape index (κ2) is 6.21. The molecule has 0 bridgehead atoms.